The van der Waals surface area contributed by atoms with Crippen LogP contribution in [-0.2, 0) is 18.3 Å². The van der Waals surface area contributed by atoms with E-state index in [0.29, 0.717) is 5.56 Å². The Hall–Kier alpha value is -2.10. The number of nitrogens with zero attached hydrogens (tertiary/aromatic N) is 1. The van der Waals surface area contributed by atoms with Gasteiger partial charge in [0.25, 0.3) is 0 Å². The van der Waals surface area contributed by atoms with E-state index < -0.39 is 5.97 Å². The maximum absolute atomic E-state index is 10.7. The second-order valence-electron chi connectivity index (χ2n) is 3.73. The van der Waals surface area contributed by atoms with Crippen LogP contribution < -0.4 is 0 Å². The van der Waals surface area contributed by atoms with E-state index in [4.69, 9.17) is 5.11 Å². The van der Waals surface area contributed by atoms with Crippen LogP contribution in [0.15, 0.2) is 24.4 Å². The molecule has 0 saturated heterocycles. The molecule has 0 fully saturated rings. The van der Waals surface area contributed by atoms with Gasteiger partial charge in [-0.05, 0) is 23.8 Å². The Morgan fingerprint density at radius 2 is 2.25 bits per heavy atom. The van der Waals surface area contributed by atoms with E-state index in [2.05, 4.69) is 0 Å². The molecule has 0 aliphatic carbocycles. The molecule has 16 heavy (non-hydrogen) atoms. The normalized spacial score (nSPS) is 10.6. The molecule has 1 heterocycles. The van der Waals surface area contributed by atoms with E-state index in [9.17, 15) is 9.59 Å². The van der Waals surface area contributed by atoms with Gasteiger partial charge in [-0.25, -0.2) is 0 Å². The lowest BCUT2D eigenvalue weighted by molar-refractivity contribution is -0.136. The second kappa shape index (κ2) is 3.81. The van der Waals surface area contributed by atoms with E-state index in [1.807, 2.05) is 17.7 Å². The Balaban J connectivity index is 2.64. The molecule has 0 radical (unpaired) electrons. The Morgan fingerprint density at radius 3 is 2.88 bits per heavy atom. The molecule has 0 spiro atoms. The number of carbonyl (C=O) groups is 2. The van der Waals surface area contributed by atoms with Crippen LogP contribution in [-0.4, -0.2) is 21.9 Å². The highest BCUT2D eigenvalue weighted by atomic mass is 16.4. The number of fused-ring (bicyclic) bond motifs is 1. The maximum atomic E-state index is 10.7. The number of hydrogen-bond acceptors (Lipinski definition) is 2. The first-order valence-corrected chi connectivity index (χ1v) is 4.86. The van der Waals surface area contributed by atoms with Gasteiger partial charge in [0.15, 0.2) is 0 Å². The standard InChI is InChI=1S/C12H11NO3/c1-13-6-9(5-12(15)16)10-4-8(7-14)2-3-11(10)13/h2-4,6-7H,5H2,1H3,(H,15,16). The Morgan fingerprint density at radius 1 is 1.50 bits per heavy atom. The number of aldehydes is 1. The van der Waals surface area contributed by atoms with Gasteiger partial charge in [-0.3, -0.25) is 9.59 Å². The van der Waals surface area contributed by atoms with Gasteiger partial charge in [-0.2, -0.15) is 0 Å². The van der Waals surface area contributed by atoms with Crippen molar-refractivity contribution in [1.82, 2.24) is 4.57 Å². The summed E-state index contributed by atoms with van der Waals surface area (Å²) in [6, 6.07) is 5.27. The summed E-state index contributed by atoms with van der Waals surface area (Å²) in [4.78, 5) is 21.4. The minimum atomic E-state index is -0.871. The third kappa shape index (κ3) is 1.69. The van der Waals surface area contributed by atoms with Crippen LogP contribution in [0.4, 0.5) is 0 Å². The number of hydrogen-bond donors (Lipinski definition) is 1. The maximum Gasteiger partial charge on any atom is 0.307 e. The number of carboxylic acids is 1. The van der Waals surface area contributed by atoms with Gasteiger partial charge in [-0.1, -0.05) is 0 Å². The largest absolute Gasteiger partial charge is 0.481 e. The van der Waals surface area contributed by atoms with E-state index in [-0.39, 0.29) is 6.42 Å². The fourth-order valence-corrected chi connectivity index (χ4v) is 1.87. The van der Waals surface area contributed by atoms with Crippen molar-refractivity contribution in [3.8, 4) is 0 Å². The lowest BCUT2D eigenvalue weighted by Gasteiger charge is -1.97. The Kier molecular flexibility index (Phi) is 2.48. The van der Waals surface area contributed by atoms with Crippen LogP contribution in [0.25, 0.3) is 10.9 Å². The van der Waals surface area contributed by atoms with E-state index in [1.54, 1.807) is 18.3 Å². The average Bonchev–Trinajstić information content (AvgIpc) is 2.54. The molecule has 82 valence electrons. The molecule has 0 aliphatic heterocycles. The molecule has 0 atom stereocenters. The van der Waals surface area contributed by atoms with Crippen molar-refractivity contribution < 1.29 is 14.7 Å². The third-order valence-electron chi connectivity index (χ3n) is 2.57. The fourth-order valence-electron chi connectivity index (χ4n) is 1.87. The molecule has 2 aromatic rings. The number of rotatable bonds is 3. The third-order valence-corrected chi connectivity index (χ3v) is 2.57. The first kappa shape index (κ1) is 10.4. The average molecular weight is 217 g/mol. The van der Waals surface area contributed by atoms with Crippen LogP contribution in [0.1, 0.15) is 15.9 Å². The van der Waals surface area contributed by atoms with Gasteiger partial charge in [0.2, 0.25) is 0 Å². The summed E-state index contributed by atoms with van der Waals surface area (Å²) >= 11 is 0. The predicted octanol–water partition coefficient (Wildman–Crippen LogP) is 1.62. The molecule has 0 amide bonds. The van der Waals surface area contributed by atoms with Crippen molar-refractivity contribution in [3.05, 3.63) is 35.5 Å². The van der Waals surface area contributed by atoms with Crippen LogP contribution in [0.3, 0.4) is 0 Å². The molecule has 1 aromatic heterocycles. The van der Waals surface area contributed by atoms with E-state index in [1.165, 1.54) is 0 Å². The monoisotopic (exact) mass is 217 g/mol. The first-order chi connectivity index (χ1) is 7.61. The van der Waals surface area contributed by atoms with Crippen molar-refractivity contribution in [2.75, 3.05) is 0 Å². The summed E-state index contributed by atoms with van der Waals surface area (Å²) in [6.45, 7) is 0. The number of aromatic nitrogens is 1. The Labute approximate surface area is 92.1 Å². The molecule has 4 nitrogen and oxygen atoms in total. The van der Waals surface area contributed by atoms with Crippen LogP contribution in [0.2, 0.25) is 0 Å². The molecule has 1 N–H and O–H groups in total. The minimum Gasteiger partial charge on any atom is -0.481 e. The summed E-state index contributed by atoms with van der Waals surface area (Å²) in [5.74, 6) is -0.871. The van der Waals surface area contributed by atoms with Crippen LogP contribution in [0.5, 0.6) is 0 Å². The van der Waals surface area contributed by atoms with E-state index in [0.717, 1.165) is 22.8 Å². The fraction of sp³-hybridized carbons (Fsp3) is 0.167. The second-order valence-corrected chi connectivity index (χ2v) is 3.73. The quantitative estimate of drug-likeness (QED) is 0.795. The molecule has 0 unspecified atom stereocenters. The predicted molar refractivity (Wildman–Crippen MR) is 59.6 cm³/mol. The summed E-state index contributed by atoms with van der Waals surface area (Å²) in [5.41, 5.74) is 2.22. The van der Waals surface area contributed by atoms with Crippen molar-refractivity contribution in [1.29, 1.82) is 0 Å². The smallest absolute Gasteiger partial charge is 0.307 e. The molecule has 0 saturated carbocycles. The summed E-state index contributed by atoms with van der Waals surface area (Å²) in [7, 11) is 1.86. The number of carbonyl (C=O) groups excluding carboxylic acids is 1. The van der Waals surface area contributed by atoms with Gasteiger partial charge in [0, 0.05) is 29.7 Å². The zero-order chi connectivity index (χ0) is 11.7. The highest BCUT2D eigenvalue weighted by Crippen LogP contribution is 2.22. The van der Waals surface area contributed by atoms with Crippen LogP contribution in [0, 0.1) is 0 Å². The first-order valence-electron chi connectivity index (χ1n) is 4.86. The minimum absolute atomic E-state index is 0.0281. The molecule has 1 aromatic carbocycles. The molecule has 2 rings (SSSR count). The lowest BCUT2D eigenvalue weighted by Crippen LogP contribution is -1.99. The van der Waals surface area contributed by atoms with Crippen molar-refractivity contribution >= 4 is 23.2 Å². The van der Waals surface area contributed by atoms with E-state index >= 15 is 0 Å². The van der Waals surface area contributed by atoms with Gasteiger partial charge in [-0.15, -0.1) is 0 Å². The van der Waals surface area contributed by atoms with Crippen molar-refractivity contribution in [2.24, 2.45) is 7.05 Å². The van der Waals surface area contributed by atoms with Gasteiger partial charge in [0.1, 0.15) is 6.29 Å². The zero-order valence-electron chi connectivity index (χ0n) is 8.80. The highest BCUT2D eigenvalue weighted by molar-refractivity contribution is 5.91. The highest BCUT2D eigenvalue weighted by Gasteiger charge is 2.10. The summed E-state index contributed by atoms with van der Waals surface area (Å²) in [6.07, 6.45) is 2.52. The topological polar surface area (TPSA) is 59.3 Å². The van der Waals surface area contributed by atoms with Crippen molar-refractivity contribution in [3.63, 3.8) is 0 Å². The SMILES string of the molecule is Cn1cc(CC(=O)O)c2cc(C=O)ccc21. The molecular weight excluding hydrogens is 206 g/mol. The molecule has 0 aliphatic rings. The zero-order valence-corrected chi connectivity index (χ0v) is 8.80. The Bertz CT molecular complexity index is 569. The van der Waals surface area contributed by atoms with Crippen LogP contribution >= 0.6 is 0 Å². The molecular formula is C12H11NO3. The van der Waals surface area contributed by atoms with Gasteiger partial charge in [0.05, 0.1) is 6.42 Å². The summed E-state index contributed by atoms with van der Waals surface area (Å²) < 4.78 is 1.86. The van der Waals surface area contributed by atoms with Gasteiger partial charge < -0.3 is 9.67 Å². The molecule has 4 heteroatoms. The molecule has 0 bridgehead atoms. The van der Waals surface area contributed by atoms with Gasteiger partial charge >= 0.3 is 5.97 Å². The number of carboxylic acid groups (broad SMARTS) is 1. The number of aryl methyl sites for hydroxylation is 1. The number of benzene rings is 1. The lowest BCUT2D eigenvalue weighted by atomic mass is 10.1. The summed E-state index contributed by atoms with van der Waals surface area (Å²) in [5, 5.41) is 9.61. The van der Waals surface area contributed by atoms with Crippen molar-refractivity contribution in [2.45, 2.75) is 6.42 Å². The number of aliphatic carboxylic acids is 1.